The number of hydrogen-bond acceptors (Lipinski definition) is 2. The Kier molecular flexibility index (Phi) is 5.06. The van der Waals surface area contributed by atoms with Gasteiger partial charge in [-0.2, -0.15) is 0 Å². The molecule has 0 spiro atoms. The molecule has 2 rings (SSSR count). The van der Waals surface area contributed by atoms with Crippen molar-refractivity contribution in [1.82, 2.24) is 0 Å². The van der Waals surface area contributed by atoms with Crippen LogP contribution in [0, 0.1) is 0 Å². The fourth-order valence-electron chi connectivity index (χ4n) is 2.75. The molecule has 100 valence electrons. The zero-order valence-electron chi connectivity index (χ0n) is 11.2. The molecule has 0 atom stereocenters. The molecule has 0 unspecified atom stereocenters. The van der Waals surface area contributed by atoms with E-state index >= 15 is 0 Å². The first-order valence-electron chi connectivity index (χ1n) is 7.25. The molecule has 2 heteroatoms. The van der Waals surface area contributed by atoms with Gasteiger partial charge in [-0.3, -0.25) is 0 Å². The van der Waals surface area contributed by atoms with E-state index in [2.05, 4.69) is 0 Å². The van der Waals surface area contributed by atoms with Gasteiger partial charge in [-0.05, 0) is 31.4 Å². The minimum Gasteiger partial charge on any atom is -0.494 e. The topological polar surface area (TPSA) is 35.2 Å². The van der Waals surface area contributed by atoms with E-state index in [0.717, 1.165) is 31.6 Å². The summed E-state index contributed by atoms with van der Waals surface area (Å²) >= 11 is 0. The normalized spacial score (nSPS) is 19.8. The summed E-state index contributed by atoms with van der Waals surface area (Å²) in [4.78, 5) is 0. The molecule has 0 heterocycles. The molecular weight excluding hydrogens is 222 g/mol. The minimum absolute atomic E-state index is 0.00913. The number of hydrogen-bond donors (Lipinski definition) is 1. The molecule has 0 aromatic heterocycles. The smallest absolute Gasteiger partial charge is 0.119 e. The summed E-state index contributed by atoms with van der Waals surface area (Å²) in [7, 11) is 0. The molecule has 1 aromatic rings. The van der Waals surface area contributed by atoms with Crippen molar-refractivity contribution in [3.05, 3.63) is 30.3 Å². The molecular formula is C16H25NO. The lowest BCUT2D eigenvalue weighted by molar-refractivity contribution is 0.225. The van der Waals surface area contributed by atoms with Crippen LogP contribution in [0.2, 0.25) is 0 Å². The van der Waals surface area contributed by atoms with Crippen molar-refractivity contribution in [3.63, 3.8) is 0 Å². The predicted molar refractivity (Wildman–Crippen MR) is 75.8 cm³/mol. The van der Waals surface area contributed by atoms with Crippen LogP contribution in [0.15, 0.2) is 30.3 Å². The third-order valence-electron chi connectivity index (χ3n) is 3.96. The van der Waals surface area contributed by atoms with Crippen LogP contribution in [0.5, 0.6) is 5.75 Å². The number of rotatable bonds is 4. The summed E-state index contributed by atoms with van der Waals surface area (Å²) in [6.45, 7) is 0.737. The van der Waals surface area contributed by atoms with Crippen LogP contribution in [0.4, 0.5) is 0 Å². The number of para-hydroxylation sites is 1. The Morgan fingerprint density at radius 1 is 0.944 bits per heavy atom. The maximum Gasteiger partial charge on any atom is 0.119 e. The van der Waals surface area contributed by atoms with Crippen molar-refractivity contribution in [1.29, 1.82) is 0 Å². The van der Waals surface area contributed by atoms with E-state index in [1.54, 1.807) is 0 Å². The van der Waals surface area contributed by atoms with Gasteiger partial charge in [-0.15, -0.1) is 0 Å². The van der Waals surface area contributed by atoms with Gasteiger partial charge in [0.15, 0.2) is 0 Å². The Morgan fingerprint density at radius 2 is 1.56 bits per heavy atom. The summed E-state index contributed by atoms with van der Waals surface area (Å²) in [5, 5.41) is 0. The summed E-state index contributed by atoms with van der Waals surface area (Å²) in [5.74, 6) is 0.951. The fraction of sp³-hybridized carbons (Fsp3) is 0.625. The van der Waals surface area contributed by atoms with Crippen molar-refractivity contribution < 1.29 is 4.74 Å². The highest BCUT2D eigenvalue weighted by molar-refractivity contribution is 5.20. The maximum atomic E-state index is 6.51. The van der Waals surface area contributed by atoms with Crippen molar-refractivity contribution in [2.45, 2.75) is 56.9 Å². The average Bonchev–Trinajstić information content (AvgIpc) is 2.36. The van der Waals surface area contributed by atoms with Gasteiger partial charge in [-0.1, -0.05) is 50.3 Å². The largest absolute Gasteiger partial charge is 0.494 e. The second-order valence-corrected chi connectivity index (χ2v) is 5.54. The summed E-state index contributed by atoms with van der Waals surface area (Å²) in [5.41, 5.74) is 6.52. The van der Waals surface area contributed by atoms with Gasteiger partial charge in [0.2, 0.25) is 0 Å². The van der Waals surface area contributed by atoms with E-state index in [1.165, 1.54) is 32.1 Å². The molecule has 0 saturated heterocycles. The summed E-state index contributed by atoms with van der Waals surface area (Å²) in [6, 6.07) is 10.0. The molecule has 2 nitrogen and oxygen atoms in total. The van der Waals surface area contributed by atoms with Gasteiger partial charge >= 0.3 is 0 Å². The van der Waals surface area contributed by atoms with Crippen LogP contribution in [0.3, 0.4) is 0 Å². The first-order valence-corrected chi connectivity index (χ1v) is 7.25. The highest BCUT2D eigenvalue weighted by Gasteiger charge is 2.25. The van der Waals surface area contributed by atoms with Gasteiger partial charge in [0.05, 0.1) is 6.61 Å². The van der Waals surface area contributed by atoms with Crippen molar-refractivity contribution >= 4 is 0 Å². The Balaban J connectivity index is 1.77. The van der Waals surface area contributed by atoms with Crippen LogP contribution in [-0.4, -0.2) is 12.1 Å². The first-order chi connectivity index (χ1) is 8.79. The van der Waals surface area contributed by atoms with Gasteiger partial charge in [0.25, 0.3) is 0 Å². The van der Waals surface area contributed by atoms with Gasteiger partial charge < -0.3 is 10.5 Å². The van der Waals surface area contributed by atoms with Crippen LogP contribution in [0.25, 0.3) is 0 Å². The Morgan fingerprint density at radius 3 is 2.22 bits per heavy atom. The zero-order valence-corrected chi connectivity index (χ0v) is 11.2. The van der Waals surface area contributed by atoms with E-state index in [-0.39, 0.29) is 5.54 Å². The molecule has 18 heavy (non-hydrogen) atoms. The van der Waals surface area contributed by atoms with Crippen LogP contribution < -0.4 is 10.5 Å². The SMILES string of the molecule is NC1(CCOc2ccccc2)CCCCCCC1. The Hall–Kier alpha value is -1.02. The van der Waals surface area contributed by atoms with Crippen molar-refractivity contribution in [2.24, 2.45) is 5.73 Å². The summed E-state index contributed by atoms with van der Waals surface area (Å²) in [6.07, 6.45) is 9.93. The predicted octanol–water partition coefficient (Wildman–Crippen LogP) is 3.90. The maximum absolute atomic E-state index is 6.51. The molecule has 1 saturated carbocycles. The zero-order chi connectivity index (χ0) is 12.7. The van der Waals surface area contributed by atoms with Gasteiger partial charge in [0, 0.05) is 5.54 Å². The Labute approximate surface area is 111 Å². The molecule has 1 aliphatic rings. The lowest BCUT2D eigenvalue weighted by atomic mass is 9.82. The van der Waals surface area contributed by atoms with Crippen LogP contribution >= 0.6 is 0 Å². The molecule has 0 bridgehead atoms. The molecule has 2 N–H and O–H groups in total. The second-order valence-electron chi connectivity index (χ2n) is 5.54. The monoisotopic (exact) mass is 247 g/mol. The minimum atomic E-state index is 0.00913. The van der Waals surface area contributed by atoms with E-state index in [4.69, 9.17) is 10.5 Å². The quantitative estimate of drug-likeness (QED) is 0.876. The number of nitrogens with two attached hydrogens (primary N) is 1. The highest BCUT2D eigenvalue weighted by atomic mass is 16.5. The lowest BCUT2D eigenvalue weighted by Gasteiger charge is -2.31. The summed E-state index contributed by atoms with van der Waals surface area (Å²) < 4.78 is 5.77. The highest BCUT2D eigenvalue weighted by Crippen LogP contribution is 2.27. The molecule has 1 fully saturated rings. The van der Waals surface area contributed by atoms with E-state index < -0.39 is 0 Å². The standard InChI is InChI=1S/C16H25NO/c17-16(11-7-2-1-3-8-12-16)13-14-18-15-9-5-4-6-10-15/h4-6,9-10H,1-3,7-8,11-14,17H2. The lowest BCUT2D eigenvalue weighted by Crippen LogP contribution is -2.41. The van der Waals surface area contributed by atoms with E-state index in [1.807, 2.05) is 30.3 Å². The Bertz CT molecular complexity index is 328. The molecule has 1 aromatic carbocycles. The average molecular weight is 247 g/mol. The molecule has 1 aliphatic carbocycles. The van der Waals surface area contributed by atoms with E-state index in [9.17, 15) is 0 Å². The first kappa shape index (κ1) is 13.4. The van der Waals surface area contributed by atoms with Crippen LogP contribution in [0.1, 0.15) is 51.4 Å². The number of benzene rings is 1. The second kappa shape index (κ2) is 6.79. The van der Waals surface area contributed by atoms with E-state index in [0.29, 0.717) is 0 Å². The van der Waals surface area contributed by atoms with Crippen molar-refractivity contribution in [3.8, 4) is 5.75 Å². The third kappa shape index (κ3) is 4.34. The van der Waals surface area contributed by atoms with Gasteiger partial charge in [0.1, 0.15) is 5.75 Å². The fourth-order valence-corrected chi connectivity index (χ4v) is 2.75. The molecule has 0 radical (unpaired) electrons. The molecule has 0 amide bonds. The van der Waals surface area contributed by atoms with Gasteiger partial charge in [-0.25, -0.2) is 0 Å². The molecule has 0 aliphatic heterocycles. The third-order valence-corrected chi connectivity index (χ3v) is 3.96. The number of ether oxygens (including phenoxy) is 1. The van der Waals surface area contributed by atoms with Crippen molar-refractivity contribution in [2.75, 3.05) is 6.61 Å². The van der Waals surface area contributed by atoms with Crippen LogP contribution in [-0.2, 0) is 0 Å².